The SMILES string of the molecule is CC1CNCCN1Cc1ccccc1C(F)(F)F. The molecule has 5 heteroatoms. The molecule has 2 nitrogen and oxygen atoms in total. The van der Waals surface area contributed by atoms with Gasteiger partial charge in [0.15, 0.2) is 0 Å². The van der Waals surface area contributed by atoms with E-state index in [1.54, 1.807) is 12.1 Å². The van der Waals surface area contributed by atoms with E-state index in [0.29, 0.717) is 12.1 Å². The van der Waals surface area contributed by atoms with E-state index in [-0.39, 0.29) is 6.04 Å². The van der Waals surface area contributed by atoms with Crippen molar-refractivity contribution in [2.45, 2.75) is 25.7 Å². The van der Waals surface area contributed by atoms with Gasteiger partial charge in [-0.2, -0.15) is 13.2 Å². The third kappa shape index (κ3) is 3.03. The third-order valence-electron chi connectivity index (χ3n) is 3.34. The van der Waals surface area contributed by atoms with Gasteiger partial charge in [-0.05, 0) is 18.6 Å². The lowest BCUT2D eigenvalue weighted by Gasteiger charge is -2.34. The Morgan fingerprint density at radius 3 is 2.72 bits per heavy atom. The van der Waals surface area contributed by atoms with Crippen molar-refractivity contribution in [2.24, 2.45) is 0 Å². The Kier molecular flexibility index (Phi) is 3.92. The lowest BCUT2D eigenvalue weighted by Crippen LogP contribution is -2.49. The van der Waals surface area contributed by atoms with Gasteiger partial charge in [-0.25, -0.2) is 0 Å². The summed E-state index contributed by atoms with van der Waals surface area (Å²) in [6.07, 6.45) is -4.27. The van der Waals surface area contributed by atoms with Crippen LogP contribution in [0.1, 0.15) is 18.1 Å². The smallest absolute Gasteiger partial charge is 0.314 e. The van der Waals surface area contributed by atoms with Gasteiger partial charge in [-0.3, -0.25) is 4.90 Å². The first-order chi connectivity index (χ1) is 8.48. The highest BCUT2D eigenvalue weighted by atomic mass is 19.4. The van der Waals surface area contributed by atoms with Gasteiger partial charge in [0.25, 0.3) is 0 Å². The molecule has 1 fully saturated rings. The Morgan fingerprint density at radius 1 is 1.33 bits per heavy atom. The number of piperazine rings is 1. The van der Waals surface area contributed by atoms with E-state index >= 15 is 0 Å². The molecule has 1 N–H and O–H groups in total. The molecular weight excluding hydrogens is 241 g/mol. The molecule has 0 radical (unpaired) electrons. The number of hydrogen-bond acceptors (Lipinski definition) is 2. The van der Waals surface area contributed by atoms with Gasteiger partial charge in [0.05, 0.1) is 5.56 Å². The van der Waals surface area contributed by atoms with Crippen LogP contribution in [0.3, 0.4) is 0 Å². The summed E-state index contributed by atoms with van der Waals surface area (Å²) in [5.74, 6) is 0. The van der Waals surface area contributed by atoms with E-state index in [9.17, 15) is 13.2 Å². The molecular formula is C13H17F3N2. The fourth-order valence-electron chi connectivity index (χ4n) is 2.27. The highest BCUT2D eigenvalue weighted by molar-refractivity contribution is 5.29. The number of benzene rings is 1. The van der Waals surface area contributed by atoms with Crippen molar-refractivity contribution < 1.29 is 13.2 Å². The Balaban J connectivity index is 2.18. The molecule has 0 spiro atoms. The predicted octanol–water partition coefficient (Wildman–Crippen LogP) is 2.50. The predicted molar refractivity (Wildman–Crippen MR) is 64.2 cm³/mol. The maximum atomic E-state index is 12.9. The number of nitrogens with zero attached hydrogens (tertiary/aromatic N) is 1. The minimum atomic E-state index is -4.27. The maximum absolute atomic E-state index is 12.9. The van der Waals surface area contributed by atoms with Gasteiger partial charge in [0.1, 0.15) is 0 Å². The fourth-order valence-corrected chi connectivity index (χ4v) is 2.27. The molecule has 1 saturated heterocycles. The van der Waals surface area contributed by atoms with Gasteiger partial charge in [0.2, 0.25) is 0 Å². The van der Waals surface area contributed by atoms with Gasteiger partial charge < -0.3 is 5.32 Å². The molecule has 18 heavy (non-hydrogen) atoms. The molecule has 1 atom stereocenters. The van der Waals surface area contributed by atoms with E-state index < -0.39 is 11.7 Å². The molecule has 1 unspecified atom stereocenters. The van der Waals surface area contributed by atoms with Crippen LogP contribution in [0.25, 0.3) is 0 Å². The normalized spacial score (nSPS) is 22.1. The Bertz CT molecular complexity index is 403. The van der Waals surface area contributed by atoms with Crippen LogP contribution in [0.15, 0.2) is 24.3 Å². The zero-order chi connectivity index (χ0) is 13.2. The zero-order valence-electron chi connectivity index (χ0n) is 10.3. The second-order valence-corrected chi connectivity index (χ2v) is 4.68. The van der Waals surface area contributed by atoms with Crippen LogP contribution >= 0.6 is 0 Å². The number of rotatable bonds is 2. The second kappa shape index (κ2) is 5.28. The molecule has 0 saturated carbocycles. The molecule has 0 amide bonds. The van der Waals surface area contributed by atoms with Crippen molar-refractivity contribution in [1.82, 2.24) is 10.2 Å². The van der Waals surface area contributed by atoms with Gasteiger partial charge in [0, 0.05) is 32.2 Å². The molecule has 0 bridgehead atoms. The van der Waals surface area contributed by atoms with Crippen LogP contribution in [0.5, 0.6) is 0 Å². The van der Waals surface area contributed by atoms with Crippen molar-refractivity contribution in [3.8, 4) is 0 Å². The topological polar surface area (TPSA) is 15.3 Å². The average Bonchev–Trinajstić information content (AvgIpc) is 2.31. The molecule has 0 aromatic heterocycles. The van der Waals surface area contributed by atoms with E-state index in [2.05, 4.69) is 10.2 Å². The fraction of sp³-hybridized carbons (Fsp3) is 0.538. The third-order valence-corrected chi connectivity index (χ3v) is 3.34. The van der Waals surface area contributed by atoms with Crippen molar-refractivity contribution in [3.05, 3.63) is 35.4 Å². The summed E-state index contributed by atoms with van der Waals surface area (Å²) in [5.41, 5.74) is -0.158. The highest BCUT2D eigenvalue weighted by Gasteiger charge is 2.33. The van der Waals surface area contributed by atoms with Crippen molar-refractivity contribution in [2.75, 3.05) is 19.6 Å². The average molecular weight is 258 g/mol. The first kappa shape index (κ1) is 13.4. The quantitative estimate of drug-likeness (QED) is 0.876. The van der Waals surface area contributed by atoms with Gasteiger partial charge in [-0.1, -0.05) is 18.2 Å². The van der Waals surface area contributed by atoms with Crippen molar-refractivity contribution >= 4 is 0 Å². The summed E-state index contributed by atoms with van der Waals surface area (Å²) in [4.78, 5) is 2.08. The molecule has 100 valence electrons. The number of halogens is 3. The summed E-state index contributed by atoms with van der Waals surface area (Å²) in [6.45, 7) is 4.83. The highest BCUT2D eigenvalue weighted by Crippen LogP contribution is 2.32. The molecule has 1 aromatic rings. The van der Waals surface area contributed by atoms with Crippen LogP contribution in [-0.2, 0) is 12.7 Å². The molecule has 1 aliphatic rings. The van der Waals surface area contributed by atoms with Crippen molar-refractivity contribution in [1.29, 1.82) is 0 Å². The van der Waals surface area contributed by atoms with Gasteiger partial charge >= 0.3 is 6.18 Å². The Hall–Kier alpha value is -1.07. The lowest BCUT2D eigenvalue weighted by molar-refractivity contribution is -0.138. The lowest BCUT2D eigenvalue weighted by atomic mass is 10.1. The molecule has 1 aliphatic heterocycles. The molecule has 2 rings (SSSR count). The summed E-state index contributed by atoms with van der Waals surface area (Å²) in [6, 6.07) is 6.09. The van der Waals surface area contributed by atoms with Crippen LogP contribution in [-0.4, -0.2) is 30.6 Å². The number of hydrogen-bond donors (Lipinski definition) is 1. The van der Waals surface area contributed by atoms with E-state index in [1.165, 1.54) is 6.07 Å². The Labute approximate surface area is 105 Å². The second-order valence-electron chi connectivity index (χ2n) is 4.68. The summed E-state index contributed by atoms with van der Waals surface area (Å²) in [5, 5.41) is 3.23. The van der Waals surface area contributed by atoms with Crippen LogP contribution in [0, 0.1) is 0 Å². The first-order valence-electron chi connectivity index (χ1n) is 6.08. The minimum absolute atomic E-state index is 0.264. The van der Waals surface area contributed by atoms with E-state index in [0.717, 1.165) is 25.7 Å². The summed E-state index contributed by atoms with van der Waals surface area (Å²) >= 11 is 0. The molecule has 1 aromatic carbocycles. The number of nitrogens with one attached hydrogen (secondary N) is 1. The summed E-state index contributed by atoms with van der Waals surface area (Å²) < 4.78 is 38.6. The monoisotopic (exact) mass is 258 g/mol. The van der Waals surface area contributed by atoms with Crippen LogP contribution in [0.4, 0.5) is 13.2 Å². The maximum Gasteiger partial charge on any atom is 0.416 e. The zero-order valence-corrected chi connectivity index (χ0v) is 10.3. The van der Waals surface area contributed by atoms with Crippen LogP contribution in [0.2, 0.25) is 0 Å². The Morgan fingerprint density at radius 2 is 2.06 bits per heavy atom. The standard InChI is InChI=1S/C13H17F3N2/c1-10-8-17-6-7-18(10)9-11-4-2-3-5-12(11)13(14,15)16/h2-5,10,17H,6-9H2,1H3. The first-order valence-corrected chi connectivity index (χ1v) is 6.08. The molecule has 0 aliphatic carbocycles. The van der Waals surface area contributed by atoms with Crippen molar-refractivity contribution in [3.63, 3.8) is 0 Å². The van der Waals surface area contributed by atoms with Crippen LogP contribution < -0.4 is 5.32 Å². The van der Waals surface area contributed by atoms with Gasteiger partial charge in [-0.15, -0.1) is 0 Å². The summed E-state index contributed by atoms with van der Waals surface area (Å²) in [7, 11) is 0. The number of alkyl halides is 3. The molecule has 1 heterocycles. The minimum Gasteiger partial charge on any atom is -0.314 e. The van der Waals surface area contributed by atoms with E-state index in [1.807, 2.05) is 6.92 Å². The van der Waals surface area contributed by atoms with E-state index in [4.69, 9.17) is 0 Å². The largest absolute Gasteiger partial charge is 0.416 e.